The molecule has 1 aliphatic heterocycles. The largest absolute Gasteiger partial charge is 0.353 e. The zero-order valence-corrected chi connectivity index (χ0v) is 15.1. The van der Waals surface area contributed by atoms with Crippen LogP contribution in [0.2, 0.25) is 0 Å². The molecule has 8 nitrogen and oxygen atoms in total. The third-order valence-electron chi connectivity index (χ3n) is 4.14. The van der Waals surface area contributed by atoms with Gasteiger partial charge in [-0.15, -0.1) is 0 Å². The fourth-order valence-electron chi connectivity index (χ4n) is 2.80. The Kier molecular flexibility index (Phi) is 5.50. The fraction of sp³-hybridized carbons (Fsp3) is 0.294. The van der Waals surface area contributed by atoms with E-state index < -0.39 is 10.0 Å². The average molecular weight is 376 g/mol. The normalized spacial score (nSPS) is 15.1. The first-order valence-corrected chi connectivity index (χ1v) is 9.60. The van der Waals surface area contributed by atoms with Gasteiger partial charge in [0.2, 0.25) is 0 Å². The van der Waals surface area contributed by atoms with Crippen molar-refractivity contribution in [3.8, 4) is 0 Å². The zero-order chi connectivity index (χ0) is 18.6. The van der Waals surface area contributed by atoms with Crippen molar-refractivity contribution in [1.29, 1.82) is 0 Å². The van der Waals surface area contributed by atoms with E-state index >= 15 is 0 Å². The van der Waals surface area contributed by atoms with E-state index in [2.05, 4.69) is 14.7 Å². The maximum Gasteiger partial charge on any atom is 0.262 e. The van der Waals surface area contributed by atoms with E-state index in [1.165, 1.54) is 31.4 Å². The molecule has 26 heavy (non-hydrogen) atoms. The van der Waals surface area contributed by atoms with Crippen LogP contribution >= 0.6 is 0 Å². The summed E-state index contributed by atoms with van der Waals surface area (Å²) in [6.07, 6.45) is 1.75. The highest BCUT2D eigenvalue weighted by atomic mass is 32.2. The highest BCUT2D eigenvalue weighted by molar-refractivity contribution is 7.89. The predicted octanol–water partition coefficient (Wildman–Crippen LogP) is 0.884. The van der Waals surface area contributed by atoms with Gasteiger partial charge < -0.3 is 9.80 Å². The van der Waals surface area contributed by atoms with Gasteiger partial charge in [0.15, 0.2) is 0 Å². The van der Waals surface area contributed by atoms with Crippen molar-refractivity contribution in [3.63, 3.8) is 0 Å². The second kappa shape index (κ2) is 7.81. The lowest BCUT2D eigenvalue weighted by Crippen LogP contribution is -2.49. The molecule has 1 fully saturated rings. The molecule has 0 spiro atoms. The van der Waals surface area contributed by atoms with Crippen LogP contribution in [0.4, 0.5) is 5.82 Å². The van der Waals surface area contributed by atoms with Gasteiger partial charge in [0, 0.05) is 37.9 Å². The Morgan fingerprint density at radius 2 is 1.77 bits per heavy atom. The van der Waals surface area contributed by atoms with E-state index in [0.717, 1.165) is 5.82 Å². The van der Waals surface area contributed by atoms with E-state index in [-0.39, 0.29) is 10.8 Å². The average Bonchev–Trinajstić information content (AvgIpc) is 2.68. The van der Waals surface area contributed by atoms with Crippen LogP contribution in [0.3, 0.4) is 0 Å². The molecule has 2 heterocycles. The molecule has 1 amide bonds. The monoisotopic (exact) mass is 376 g/mol. The first-order chi connectivity index (χ1) is 12.5. The van der Waals surface area contributed by atoms with Crippen LogP contribution in [0.25, 0.3) is 0 Å². The van der Waals surface area contributed by atoms with Crippen LogP contribution in [0, 0.1) is 0 Å². The van der Waals surface area contributed by atoms with Gasteiger partial charge in [0.1, 0.15) is 5.82 Å². The molecule has 1 aliphatic rings. The van der Waals surface area contributed by atoms with Gasteiger partial charge in [0.05, 0.1) is 12.0 Å². The smallest absolute Gasteiger partial charge is 0.262 e. The fourth-order valence-corrected chi connectivity index (χ4v) is 3.61. The van der Waals surface area contributed by atoms with Crippen molar-refractivity contribution in [1.82, 2.24) is 14.8 Å². The molecule has 1 saturated heterocycles. The topological polar surface area (TPSA) is 91.8 Å². The SMILES string of the molecule is CONS(=O)(=O)c1ccc(C(=O)N2CCN(c3ccccn3)CC2)cc1. The van der Waals surface area contributed by atoms with E-state index in [4.69, 9.17) is 0 Å². The summed E-state index contributed by atoms with van der Waals surface area (Å²) in [6.45, 7) is 2.57. The maximum absolute atomic E-state index is 12.6. The standard InChI is InChI=1S/C17H20N4O4S/c1-25-19-26(23,24)15-7-5-14(6-8-15)17(22)21-12-10-20(11-13-21)16-4-2-3-9-18-16/h2-9,19H,10-13H2,1H3. The summed E-state index contributed by atoms with van der Waals surface area (Å²) in [4.78, 5) is 27.3. The molecule has 3 rings (SSSR count). The van der Waals surface area contributed by atoms with Gasteiger partial charge in [0.25, 0.3) is 15.9 Å². The van der Waals surface area contributed by atoms with Crippen molar-refractivity contribution in [3.05, 3.63) is 54.2 Å². The Morgan fingerprint density at radius 1 is 1.08 bits per heavy atom. The van der Waals surface area contributed by atoms with Gasteiger partial charge in [-0.05, 0) is 36.4 Å². The summed E-state index contributed by atoms with van der Waals surface area (Å²) < 4.78 is 23.7. The number of pyridine rings is 1. The first kappa shape index (κ1) is 18.3. The van der Waals surface area contributed by atoms with Crippen LogP contribution in [0.5, 0.6) is 0 Å². The third kappa shape index (κ3) is 4.01. The zero-order valence-electron chi connectivity index (χ0n) is 14.3. The molecule has 0 atom stereocenters. The number of nitrogens with one attached hydrogen (secondary N) is 1. The van der Waals surface area contributed by atoms with Gasteiger partial charge in [-0.3, -0.25) is 9.63 Å². The lowest BCUT2D eigenvalue weighted by atomic mass is 10.2. The molecule has 1 N–H and O–H groups in total. The van der Waals surface area contributed by atoms with Gasteiger partial charge in [-0.2, -0.15) is 0 Å². The highest BCUT2D eigenvalue weighted by Gasteiger charge is 2.23. The van der Waals surface area contributed by atoms with Crippen molar-refractivity contribution in [2.24, 2.45) is 0 Å². The van der Waals surface area contributed by atoms with E-state index in [0.29, 0.717) is 31.7 Å². The Labute approximate surface area is 152 Å². The Bertz CT molecular complexity index is 848. The number of nitrogens with zero attached hydrogens (tertiary/aromatic N) is 3. The number of benzene rings is 1. The van der Waals surface area contributed by atoms with Gasteiger partial charge in [-0.1, -0.05) is 11.0 Å². The molecule has 1 aromatic heterocycles. The van der Waals surface area contributed by atoms with Crippen LogP contribution in [-0.2, 0) is 14.9 Å². The number of anilines is 1. The number of rotatable bonds is 5. The lowest BCUT2D eigenvalue weighted by Gasteiger charge is -2.35. The van der Waals surface area contributed by atoms with Crippen molar-refractivity contribution in [2.75, 3.05) is 38.2 Å². The number of hydrogen-bond acceptors (Lipinski definition) is 6. The number of sulfonamides is 1. The highest BCUT2D eigenvalue weighted by Crippen LogP contribution is 2.16. The number of amides is 1. The van der Waals surface area contributed by atoms with Gasteiger partial charge >= 0.3 is 0 Å². The quantitative estimate of drug-likeness (QED) is 0.779. The molecule has 2 aromatic rings. The summed E-state index contributed by atoms with van der Waals surface area (Å²) >= 11 is 0. The summed E-state index contributed by atoms with van der Waals surface area (Å²) in [5.74, 6) is 0.786. The minimum atomic E-state index is -3.73. The molecule has 0 bridgehead atoms. The Balaban J connectivity index is 1.64. The molecule has 0 unspecified atom stereocenters. The predicted molar refractivity (Wildman–Crippen MR) is 96.1 cm³/mol. The van der Waals surface area contributed by atoms with E-state index in [1.54, 1.807) is 11.1 Å². The lowest BCUT2D eigenvalue weighted by molar-refractivity contribution is 0.0746. The Morgan fingerprint density at radius 3 is 2.35 bits per heavy atom. The summed E-state index contributed by atoms with van der Waals surface area (Å²) in [5.41, 5.74) is 0.452. The molecule has 9 heteroatoms. The van der Waals surface area contributed by atoms with E-state index in [9.17, 15) is 13.2 Å². The van der Waals surface area contributed by atoms with Crippen molar-refractivity contribution in [2.45, 2.75) is 4.90 Å². The minimum Gasteiger partial charge on any atom is -0.353 e. The molecular weight excluding hydrogens is 356 g/mol. The van der Waals surface area contributed by atoms with Crippen molar-refractivity contribution < 1.29 is 18.0 Å². The molecule has 0 radical (unpaired) electrons. The number of carbonyl (C=O) groups is 1. The van der Waals surface area contributed by atoms with Crippen LogP contribution < -0.4 is 9.79 Å². The van der Waals surface area contributed by atoms with Gasteiger partial charge in [-0.25, -0.2) is 13.4 Å². The van der Waals surface area contributed by atoms with E-state index in [1.807, 2.05) is 23.1 Å². The second-order valence-electron chi connectivity index (χ2n) is 5.78. The number of carbonyl (C=O) groups excluding carboxylic acids is 1. The van der Waals surface area contributed by atoms with Crippen molar-refractivity contribution >= 4 is 21.7 Å². The molecule has 138 valence electrons. The Hall–Kier alpha value is -2.49. The summed E-state index contributed by atoms with van der Waals surface area (Å²) in [6, 6.07) is 11.6. The minimum absolute atomic E-state index is 0.0378. The molecule has 1 aromatic carbocycles. The third-order valence-corrected chi connectivity index (χ3v) is 5.42. The molecule has 0 saturated carbocycles. The number of aromatic nitrogens is 1. The van der Waals surface area contributed by atoms with Crippen LogP contribution in [0.15, 0.2) is 53.6 Å². The first-order valence-electron chi connectivity index (χ1n) is 8.11. The van der Waals surface area contributed by atoms with Crippen LogP contribution in [0.1, 0.15) is 10.4 Å². The summed E-state index contributed by atoms with van der Waals surface area (Å²) in [5, 5.41) is 0. The summed E-state index contributed by atoms with van der Waals surface area (Å²) in [7, 11) is -2.50. The maximum atomic E-state index is 12.6. The van der Waals surface area contributed by atoms with Crippen LogP contribution in [-0.4, -0.2) is 57.5 Å². The second-order valence-corrected chi connectivity index (χ2v) is 7.43. The molecule has 0 aliphatic carbocycles. The number of hydrogen-bond donors (Lipinski definition) is 1. The molecular formula is C17H20N4O4S. The number of piperazine rings is 1.